The van der Waals surface area contributed by atoms with Crippen LogP contribution in [-0.2, 0) is 0 Å². The summed E-state index contributed by atoms with van der Waals surface area (Å²) in [6.07, 6.45) is 1.98. The molecule has 0 saturated carbocycles. The van der Waals surface area contributed by atoms with Crippen LogP contribution in [0, 0.1) is 22.7 Å². The molecule has 0 fully saturated rings. The number of nitrogens with zero attached hydrogens (tertiary/aromatic N) is 5. The Morgan fingerprint density at radius 2 is 1.69 bits per heavy atom. The molecular weight excluding hydrogens is 328 g/mol. The molecule has 1 heterocycles. The molecule has 0 spiro atoms. The highest BCUT2D eigenvalue weighted by atomic mass is 16.5. The first kappa shape index (κ1) is 19.0. The summed E-state index contributed by atoms with van der Waals surface area (Å²) in [4.78, 5) is 10.1. The van der Waals surface area contributed by atoms with Crippen molar-refractivity contribution in [2.75, 3.05) is 23.7 Å². The summed E-state index contributed by atoms with van der Waals surface area (Å²) in [5.41, 5.74) is 7.70. The summed E-state index contributed by atoms with van der Waals surface area (Å²) in [5.74, 6) is 1.80. The molecule has 0 aliphatic heterocycles. The van der Waals surface area contributed by atoms with Crippen molar-refractivity contribution in [2.45, 2.75) is 32.6 Å². The first-order chi connectivity index (χ1) is 12.6. The Hall–Kier alpha value is -3.32. The number of nitriles is 2. The van der Waals surface area contributed by atoms with Crippen LogP contribution in [0.15, 0.2) is 30.6 Å². The predicted molar refractivity (Wildman–Crippen MR) is 99.7 cm³/mol. The van der Waals surface area contributed by atoms with E-state index in [0.717, 1.165) is 0 Å². The first-order valence-electron chi connectivity index (χ1n) is 8.44. The molecule has 0 atom stereocenters. The van der Waals surface area contributed by atoms with E-state index in [9.17, 15) is 0 Å². The highest BCUT2D eigenvalue weighted by Crippen LogP contribution is 2.32. The topological polar surface area (TPSA) is 112 Å². The van der Waals surface area contributed by atoms with Gasteiger partial charge in [-0.05, 0) is 23.6 Å². The fourth-order valence-corrected chi connectivity index (χ4v) is 2.43. The lowest BCUT2D eigenvalue weighted by atomic mass is 10.0. The Balaban J connectivity index is 2.24. The van der Waals surface area contributed by atoms with E-state index in [2.05, 4.69) is 36.0 Å². The van der Waals surface area contributed by atoms with Crippen LogP contribution in [0.25, 0.3) is 0 Å². The summed E-state index contributed by atoms with van der Waals surface area (Å²) in [6, 6.07) is 11.9. The van der Waals surface area contributed by atoms with Gasteiger partial charge in [-0.15, -0.1) is 0 Å². The van der Waals surface area contributed by atoms with Crippen molar-refractivity contribution in [1.82, 2.24) is 9.97 Å². The van der Waals surface area contributed by atoms with Crippen LogP contribution in [-0.4, -0.2) is 23.1 Å². The maximum atomic E-state index is 8.84. The number of aromatic nitrogens is 2. The van der Waals surface area contributed by atoms with Gasteiger partial charge in [0, 0.05) is 13.1 Å². The minimum atomic E-state index is 0.256. The summed E-state index contributed by atoms with van der Waals surface area (Å²) >= 11 is 0. The van der Waals surface area contributed by atoms with Crippen LogP contribution in [0.1, 0.15) is 38.2 Å². The molecule has 0 bridgehead atoms. The number of rotatable bonds is 8. The number of hydrogen-bond donors (Lipinski definition) is 1. The Labute approximate surface area is 153 Å². The Kier molecular flexibility index (Phi) is 6.75. The molecule has 134 valence electrons. The molecule has 26 heavy (non-hydrogen) atoms. The van der Waals surface area contributed by atoms with Crippen molar-refractivity contribution < 1.29 is 4.74 Å². The van der Waals surface area contributed by atoms with Gasteiger partial charge in [0.25, 0.3) is 0 Å². The Morgan fingerprint density at radius 1 is 1.08 bits per heavy atom. The lowest BCUT2D eigenvalue weighted by molar-refractivity contribution is 0.463. The highest BCUT2D eigenvalue weighted by Gasteiger charge is 2.16. The van der Waals surface area contributed by atoms with Crippen molar-refractivity contribution in [3.8, 4) is 23.8 Å². The van der Waals surface area contributed by atoms with E-state index in [1.807, 2.05) is 24.3 Å². The van der Waals surface area contributed by atoms with E-state index in [1.165, 1.54) is 11.9 Å². The lowest BCUT2D eigenvalue weighted by Gasteiger charge is -2.23. The summed E-state index contributed by atoms with van der Waals surface area (Å²) < 4.78 is 5.81. The SMILES string of the molecule is CC(C)c1ccc(Oc2ncnc(N(CCC#N)CCC#N)c2N)cc1. The van der Waals surface area contributed by atoms with Gasteiger partial charge >= 0.3 is 0 Å². The van der Waals surface area contributed by atoms with E-state index in [-0.39, 0.29) is 11.6 Å². The quantitative estimate of drug-likeness (QED) is 0.774. The number of nitrogens with two attached hydrogens (primary N) is 1. The number of anilines is 2. The predicted octanol–water partition coefficient (Wildman–Crippen LogP) is 3.61. The zero-order valence-electron chi connectivity index (χ0n) is 15.0. The van der Waals surface area contributed by atoms with Crippen molar-refractivity contribution in [2.24, 2.45) is 0 Å². The monoisotopic (exact) mass is 350 g/mol. The minimum absolute atomic E-state index is 0.256. The molecule has 2 rings (SSSR count). The number of benzene rings is 1. The average molecular weight is 350 g/mol. The normalized spacial score (nSPS) is 10.2. The molecule has 0 saturated heterocycles. The molecule has 2 N–H and O–H groups in total. The number of nitrogen functional groups attached to an aromatic ring is 1. The van der Waals surface area contributed by atoms with Crippen LogP contribution in [0.3, 0.4) is 0 Å². The summed E-state index contributed by atoms with van der Waals surface area (Å²) in [7, 11) is 0. The van der Waals surface area contributed by atoms with Gasteiger partial charge in [0.2, 0.25) is 5.88 Å². The average Bonchev–Trinajstić information content (AvgIpc) is 2.64. The Bertz CT molecular complexity index is 786. The molecular formula is C19H22N6O. The summed E-state index contributed by atoms with van der Waals surface area (Å²) in [5, 5.41) is 17.7. The van der Waals surface area contributed by atoms with Gasteiger partial charge in [-0.1, -0.05) is 26.0 Å². The van der Waals surface area contributed by atoms with Crippen LogP contribution < -0.4 is 15.4 Å². The van der Waals surface area contributed by atoms with Gasteiger partial charge < -0.3 is 15.4 Å². The molecule has 0 aliphatic carbocycles. The fraction of sp³-hybridized carbons (Fsp3) is 0.368. The Morgan fingerprint density at radius 3 is 2.23 bits per heavy atom. The van der Waals surface area contributed by atoms with Gasteiger partial charge in [0.05, 0.1) is 25.0 Å². The first-order valence-corrected chi connectivity index (χ1v) is 8.44. The zero-order chi connectivity index (χ0) is 18.9. The molecule has 0 radical (unpaired) electrons. The summed E-state index contributed by atoms with van der Waals surface area (Å²) in [6.45, 7) is 5.12. The molecule has 0 amide bonds. The number of hydrogen-bond acceptors (Lipinski definition) is 7. The van der Waals surface area contributed by atoms with E-state index in [1.54, 1.807) is 4.90 Å². The molecule has 7 heteroatoms. The second kappa shape index (κ2) is 9.24. The van der Waals surface area contributed by atoms with Gasteiger partial charge in [0.1, 0.15) is 17.8 Å². The molecule has 0 aliphatic rings. The minimum Gasteiger partial charge on any atom is -0.437 e. The largest absolute Gasteiger partial charge is 0.437 e. The van der Waals surface area contributed by atoms with Gasteiger partial charge in [-0.3, -0.25) is 0 Å². The fourth-order valence-electron chi connectivity index (χ4n) is 2.43. The van der Waals surface area contributed by atoms with Gasteiger partial charge in [-0.25, -0.2) is 4.98 Å². The van der Waals surface area contributed by atoms with E-state index >= 15 is 0 Å². The van der Waals surface area contributed by atoms with Crippen molar-refractivity contribution in [1.29, 1.82) is 10.5 Å². The van der Waals surface area contributed by atoms with Gasteiger partial charge in [-0.2, -0.15) is 15.5 Å². The third kappa shape index (κ3) is 4.84. The van der Waals surface area contributed by atoms with E-state index < -0.39 is 0 Å². The lowest BCUT2D eigenvalue weighted by Crippen LogP contribution is -2.27. The molecule has 1 aromatic carbocycles. The van der Waals surface area contributed by atoms with Crippen LogP contribution in [0.4, 0.5) is 11.5 Å². The van der Waals surface area contributed by atoms with Crippen LogP contribution >= 0.6 is 0 Å². The smallest absolute Gasteiger partial charge is 0.248 e. The molecule has 0 unspecified atom stereocenters. The highest BCUT2D eigenvalue weighted by molar-refractivity contribution is 5.68. The maximum absolute atomic E-state index is 8.84. The van der Waals surface area contributed by atoms with Gasteiger partial charge in [0.15, 0.2) is 5.82 Å². The van der Waals surface area contributed by atoms with E-state index in [0.29, 0.717) is 43.4 Å². The molecule has 2 aromatic rings. The van der Waals surface area contributed by atoms with Crippen LogP contribution in [0.5, 0.6) is 11.6 Å². The maximum Gasteiger partial charge on any atom is 0.248 e. The molecule has 1 aromatic heterocycles. The second-order valence-electron chi connectivity index (χ2n) is 6.05. The molecule has 7 nitrogen and oxygen atoms in total. The standard InChI is InChI=1S/C19H22N6O/c1-14(2)15-5-7-16(8-6-15)26-19-17(22)18(23-13-24-19)25(11-3-9-20)12-4-10-21/h5-8,13-14H,3-4,11-12,22H2,1-2H3. The number of ether oxygens (including phenoxy) is 1. The third-order valence-electron chi connectivity index (χ3n) is 3.87. The van der Waals surface area contributed by atoms with Crippen molar-refractivity contribution >= 4 is 11.5 Å². The van der Waals surface area contributed by atoms with Crippen molar-refractivity contribution in [3.63, 3.8) is 0 Å². The third-order valence-corrected chi connectivity index (χ3v) is 3.87. The van der Waals surface area contributed by atoms with Crippen LogP contribution in [0.2, 0.25) is 0 Å². The zero-order valence-corrected chi connectivity index (χ0v) is 15.0. The van der Waals surface area contributed by atoms with E-state index in [4.69, 9.17) is 21.0 Å². The van der Waals surface area contributed by atoms with Crippen molar-refractivity contribution in [3.05, 3.63) is 36.2 Å². The second-order valence-corrected chi connectivity index (χ2v) is 6.05.